The average Bonchev–Trinajstić information content (AvgIpc) is 3.19. The van der Waals surface area contributed by atoms with Gasteiger partial charge in [0.15, 0.2) is 17.7 Å². The predicted molar refractivity (Wildman–Crippen MR) is 107 cm³/mol. The van der Waals surface area contributed by atoms with E-state index < -0.39 is 17.2 Å². The molecule has 2 aromatic carbocycles. The molecule has 9 heteroatoms. The lowest BCUT2D eigenvalue weighted by Crippen LogP contribution is -2.22. The van der Waals surface area contributed by atoms with Crippen LogP contribution in [0.5, 0.6) is 11.5 Å². The first-order chi connectivity index (χ1) is 14.0. The Morgan fingerprint density at radius 3 is 2.55 bits per heavy atom. The third-order valence-corrected chi connectivity index (χ3v) is 4.85. The molecule has 1 heterocycles. The van der Waals surface area contributed by atoms with Crippen molar-refractivity contribution in [3.05, 3.63) is 60.2 Å². The van der Waals surface area contributed by atoms with Crippen LogP contribution in [0.4, 0.5) is 10.1 Å². The van der Waals surface area contributed by atoms with E-state index in [4.69, 9.17) is 13.9 Å². The smallest absolute Gasteiger partial charge is 0.277 e. The first kappa shape index (κ1) is 20.7. The molecule has 1 amide bonds. The Morgan fingerprint density at radius 1 is 1.14 bits per heavy atom. The van der Waals surface area contributed by atoms with Crippen LogP contribution in [0.3, 0.4) is 0 Å². The highest BCUT2D eigenvalue weighted by molar-refractivity contribution is 8.00. The minimum absolute atomic E-state index is 0.0969. The summed E-state index contributed by atoms with van der Waals surface area (Å²) in [5.41, 5.74) is 0.654. The van der Waals surface area contributed by atoms with Crippen LogP contribution in [0, 0.1) is 5.82 Å². The van der Waals surface area contributed by atoms with Crippen molar-refractivity contribution in [2.75, 3.05) is 12.4 Å². The first-order valence-electron chi connectivity index (χ1n) is 8.82. The van der Waals surface area contributed by atoms with Gasteiger partial charge in [-0.1, -0.05) is 23.9 Å². The predicted octanol–water partition coefficient (Wildman–Crippen LogP) is 4.48. The lowest BCUT2D eigenvalue weighted by atomic mass is 10.3. The number of amides is 1. The number of aromatic nitrogens is 2. The Labute approximate surface area is 171 Å². The number of rotatable bonds is 8. The van der Waals surface area contributed by atoms with Gasteiger partial charge in [0.1, 0.15) is 5.75 Å². The molecule has 0 aliphatic carbocycles. The fourth-order valence-electron chi connectivity index (χ4n) is 2.34. The molecule has 0 fully saturated rings. The molecule has 0 saturated carbocycles. The molecule has 29 heavy (non-hydrogen) atoms. The summed E-state index contributed by atoms with van der Waals surface area (Å²) in [7, 11) is 1.58. The lowest BCUT2D eigenvalue weighted by molar-refractivity contribution is -0.115. The van der Waals surface area contributed by atoms with Gasteiger partial charge < -0.3 is 19.2 Å². The zero-order valence-electron chi connectivity index (χ0n) is 16.1. The van der Waals surface area contributed by atoms with Gasteiger partial charge >= 0.3 is 0 Å². The number of halogens is 1. The van der Waals surface area contributed by atoms with Crippen molar-refractivity contribution in [2.45, 2.75) is 30.4 Å². The molecule has 0 spiro atoms. The molecule has 7 nitrogen and oxygen atoms in total. The van der Waals surface area contributed by atoms with E-state index in [0.29, 0.717) is 11.4 Å². The third kappa shape index (κ3) is 5.47. The van der Waals surface area contributed by atoms with Crippen molar-refractivity contribution in [2.24, 2.45) is 0 Å². The van der Waals surface area contributed by atoms with Gasteiger partial charge in [-0.2, -0.15) is 0 Å². The van der Waals surface area contributed by atoms with Crippen LogP contribution in [-0.2, 0) is 4.79 Å². The summed E-state index contributed by atoms with van der Waals surface area (Å²) >= 11 is 1.12. The van der Waals surface area contributed by atoms with Gasteiger partial charge in [0.2, 0.25) is 5.91 Å². The number of nitrogens with one attached hydrogen (secondary N) is 1. The van der Waals surface area contributed by atoms with Crippen molar-refractivity contribution in [1.29, 1.82) is 0 Å². The summed E-state index contributed by atoms with van der Waals surface area (Å²) in [4.78, 5) is 12.4. The van der Waals surface area contributed by atoms with E-state index in [0.717, 1.165) is 11.8 Å². The number of anilines is 1. The van der Waals surface area contributed by atoms with E-state index in [1.807, 2.05) is 0 Å². The summed E-state index contributed by atoms with van der Waals surface area (Å²) in [5, 5.41) is 10.4. The number of hydrogen-bond donors (Lipinski definition) is 1. The van der Waals surface area contributed by atoms with E-state index in [9.17, 15) is 9.18 Å². The number of nitrogens with zero attached hydrogens (tertiary/aromatic N) is 2. The fourth-order valence-corrected chi connectivity index (χ4v) is 3.03. The van der Waals surface area contributed by atoms with Gasteiger partial charge in [-0.15, -0.1) is 10.2 Å². The van der Waals surface area contributed by atoms with Gasteiger partial charge in [-0.05, 0) is 50.2 Å². The highest BCUT2D eigenvalue weighted by atomic mass is 32.2. The maximum atomic E-state index is 13.7. The minimum atomic E-state index is -0.641. The van der Waals surface area contributed by atoms with Crippen molar-refractivity contribution in [3.63, 3.8) is 0 Å². The molecule has 0 aliphatic rings. The Balaban J connectivity index is 1.56. The molecular formula is C20H20FN3O4S. The van der Waals surface area contributed by atoms with E-state index in [-0.39, 0.29) is 22.8 Å². The van der Waals surface area contributed by atoms with Crippen LogP contribution < -0.4 is 14.8 Å². The van der Waals surface area contributed by atoms with Crippen LogP contribution in [0.15, 0.2) is 58.2 Å². The minimum Gasteiger partial charge on any atom is -0.497 e. The number of hydrogen-bond acceptors (Lipinski definition) is 7. The molecule has 0 radical (unpaired) electrons. The van der Waals surface area contributed by atoms with Crippen molar-refractivity contribution in [1.82, 2.24) is 10.2 Å². The topological polar surface area (TPSA) is 86.5 Å². The Kier molecular flexibility index (Phi) is 6.71. The number of ether oxygens (including phenoxy) is 2. The number of benzene rings is 2. The van der Waals surface area contributed by atoms with E-state index in [2.05, 4.69) is 15.5 Å². The maximum absolute atomic E-state index is 13.7. The molecule has 3 aromatic rings. The number of carbonyl (C=O) groups is 1. The molecule has 0 aliphatic heterocycles. The van der Waals surface area contributed by atoms with Crippen LogP contribution in [0.1, 0.15) is 25.8 Å². The fraction of sp³-hybridized carbons (Fsp3) is 0.250. The highest BCUT2D eigenvalue weighted by Gasteiger charge is 2.21. The molecule has 3 rings (SSSR count). The second-order valence-electron chi connectivity index (χ2n) is 6.07. The maximum Gasteiger partial charge on any atom is 0.277 e. The molecule has 0 saturated heterocycles. The summed E-state index contributed by atoms with van der Waals surface area (Å²) in [5.74, 6) is 0.307. The van der Waals surface area contributed by atoms with Crippen molar-refractivity contribution >= 4 is 23.4 Å². The Hall–Kier alpha value is -3.07. The number of para-hydroxylation sites is 1. The number of thioether (sulfide) groups is 1. The standard InChI is InChI=1S/C20H20FN3O4S/c1-12(27-17-7-5-4-6-16(17)21)19-23-24-20(28-19)29-13(2)18(25)22-14-8-10-15(26-3)11-9-14/h4-13H,1-3H3,(H,22,25)/t12-,13-/m1/s1. The molecule has 152 valence electrons. The van der Waals surface area contributed by atoms with Crippen LogP contribution in [-0.4, -0.2) is 28.5 Å². The largest absolute Gasteiger partial charge is 0.497 e. The number of carbonyl (C=O) groups excluding carboxylic acids is 1. The Bertz CT molecular complexity index is 964. The van der Waals surface area contributed by atoms with Crippen molar-refractivity contribution < 1.29 is 23.1 Å². The van der Waals surface area contributed by atoms with E-state index in [1.54, 1.807) is 57.4 Å². The van der Waals surface area contributed by atoms with Gasteiger partial charge in [-0.25, -0.2) is 4.39 Å². The van der Waals surface area contributed by atoms with Gasteiger partial charge in [0.25, 0.3) is 11.1 Å². The molecule has 1 N–H and O–H groups in total. The first-order valence-corrected chi connectivity index (χ1v) is 9.70. The van der Waals surface area contributed by atoms with Crippen LogP contribution in [0.2, 0.25) is 0 Å². The molecule has 0 unspecified atom stereocenters. The van der Waals surface area contributed by atoms with Crippen LogP contribution >= 0.6 is 11.8 Å². The summed E-state index contributed by atoms with van der Waals surface area (Å²) in [6, 6.07) is 13.1. The lowest BCUT2D eigenvalue weighted by Gasteiger charge is -2.11. The van der Waals surface area contributed by atoms with E-state index in [1.165, 1.54) is 12.1 Å². The summed E-state index contributed by atoms with van der Waals surface area (Å²) < 4.78 is 29.9. The van der Waals surface area contributed by atoms with Crippen LogP contribution in [0.25, 0.3) is 0 Å². The van der Waals surface area contributed by atoms with Gasteiger partial charge in [-0.3, -0.25) is 4.79 Å². The van der Waals surface area contributed by atoms with E-state index >= 15 is 0 Å². The molecular weight excluding hydrogens is 397 g/mol. The average molecular weight is 417 g/mol. The molecule has 1 aromatic heterocycles. The monoisotopic (exact) mass is 417 g/mol. The van der Waals surface area contributed by atoms with Crippen molar-refractivity contribution in [3.8, 4) is 11.5 Å². The quantitative estimate of drug-likeness (QED) is 0.541. The number of methoxy groups -OCH3 is 1. The van der Waals surface area contributed by atoms with Gasteiger partial charge in [0.05, 0.1) is 12.4 Å². The molecule has 0 bridgehead atoms. The zero-order valence-corrected chi connectivity index (χ0v) is 16.9. The second kappa shape index (κ2) is 9.42. The zero-order chi connectivity index (χ0) is 20.8. The normalized spacial score (nSPS) is 12.8. The Morgan fingerprint density at radius 2 is 1.86 bits per heavy atom. The highest BCUT2D eigenvalue weighted by Crippen LogP contribution is 2.28. The molecule has 2 atom stereocenters. The third-order valence-electron chi connectivity index (χ3n) is 3.91. The summed E-state index contributed by atoms with van der Waals surface area (Å²) in [6.45, 7) is 3.40. The summed E-state index contributed by atoms with van der Waals surface area (Å²) in [6.07, 6.45) is -0.641. The SMILES string of the molecule is COc1ccc(NC(=O)[C@@H](C)Sc2nnc([C@@H](C)Oc3ccccc3F)o2)cc1. The second-order valence-corrected chi connectivity index (χ2v) is 7.37. The van der Waals surface area contributed by atoms with Gasteiger partial charge in [0, 0.05) is 5.69 Å².